The Labute approximate surface area is 193 Å². The van der Waals surface area contributed by atoms with Crippen LogP contribution in [-0.2, 0) is 16.0 Å². The number of hydrogen-bond acceptors (Lipinski definition) is 3. The van der Waals surface area contributed by atoms with Crippen molar-refractivity contribution >= 4 is 22.7 Å². The zero-order valence-corrected chi connectivity index (χ0v) is 19.1. The molecule has 1 atom stereocenters. The second kappa shape index (κ2) is 9.35. The van der Waals surface area contributed by atoms with E-state index in [0.29, 0.717) is 25.4 Å². The van der Waals surface area contributed by atoms with E-state index in [1.54, 1.807) is 13.8 Å². The lowest BCUT2D eigenvalue weighted by Gasteiger charge is -2.35. The number of halogens is 1. The number of nitrogens with two attached hydrogens (primary N) is 1. The van der Waals surface area contributed by atoms with E-state index < -0.39 is 11.6 Å². The van der Waals surface area contributed by atoms with Gasteiger partial charge < -0.3 is 20.9 Å². The summed E-state index contributed by atoms with van der Waals surface area (Å²) in [6, 6.07) is 13.8. The molecule has 0 spiro atoms. The molecule has 1 saturated heterocycles. The molecule has 4 rings (SSSR count). The first-order valence-corrected chi connectivity index (χ1v) is 11.4. The van der Waals surface area contributed by atoms with Crippen molar-refractivity contribution in [1.82, 2.24) is 15.2 Å². The van der Waals surface area contributed by atoms with Gasteiger partial charge in [-0.25, -0.2) is 4.39 Å². The summed E-state index contributed by atoms with van der Waals surface area (Å²) in [6.07, 6.45) is 3.87. The van der Waals surface area contributed by atoms with Gasteiger partial charge in [-0.15, -0.1) is 0 Å². The number of amides is 2. The van der Waals surface area contributed by atoms with Crippen LogP contribution in [0, 0.1) is 5.82 Å². The molecule has 0 saturated carbocycles. The number of H-pyrrole nitrogens is 1. The smallest absolute Gasteiger partial charge is 0.245 e. The highest BCUT2D eigenvalue weighted by Crippen LogP contribution is 2.29. The highest BCUT2D eigenvalue weighted by Gasteiger charge is 2.33. The molecule has 1 fully saturated rings. The van der Waals surface area contributed by atoms with Crippen LogP contribution in [-0.4, -0.2) is 46.4 Å². The lowest BCUT2D eigenvalue weighted by molar-refractivity contribution is -0.138. The molecule has 0 unspecified atom stereocenters. The molecule has 0 radical (unpaired) electrons. The summed E-state index contributed by atoms with van der Waals surface area (Å²) in [5, 5.41) is 3.93. The third kappa shape index (κ3) is 5.25. The number of nitrogens with zero attached hydrogens (tertiary/aromatic N) is 1. The molecule has 1 aliphatic heterocycles. The van der Waals surface area contributed by atoms with E-state index in [-0.39, 0.29) is 17.6 Å². The lowest BCUT2D eigenvalue weighted by atomic mass is 9.89. The number of para-hydroxylation sites is 1. The van der Waals surface area contributed by atoms with E-state index >= 15 is 0 Å². The van der Waals surface area contributed by atoms with Crippen LogP contribution >= 0.6 is 0 Å². The van der Waals surface area contributed by atoms with Gasteiger partial charge >= 0.3 is 0 Å². The second-order valence-corrected chi connectivity index (χ2v) is 9.46. The SMILES string of the molecule is CC(C)(N)C(=O)N[C@H](Cc1c[nH]c2ccccc12)C(=O)N1CCC(c2ccc(F)cc2)CC1. The Hall–Kier alpha value is -3.19. The fourth-order valence-electron chi connectivity index (χ4n) is 4.45. The fraction of sp³-hybridized carbons (Fsp3) is 0.385. The van der Waals surface area contributed by atoms with E-state index in [4.69, 9.17) is 5.73 Å². The number of carbonyl (C=O) groups excluding carboxylic acids is 2. The largest absolute Gasteiger partial charge is 0.361 e. The van der Waals surface area contributed by atoms with Crippen molar-refractivity contribution in [2.75, 3.05) is 13.1 Å². The number of nitrogens with one attached hydrogen (secondary N) is 2. The van der Waals surface area contributed by atoms with Crippen LogP contribution in [0.15, 0.2) is 54.7 Å². The molecule has 3 aromatic rings. The first-order valence-electron chi connectivity index (χ1n) is 11.4. The monoisotopic (exact) mass is 450 g/mol. The standard InChI is InChI=1S/C26H31FN4O2/c1-26(2,28)25(33)30-23(15-19-16-29-22-6-4-3-5-21(19)22)24(32)31-13-11-18(12-14-31)17-7-9-20(27)10-8-17/h3-10,16,18,23,29H,11-15,28H2,1-2H3,(H,30,33)/t23-/m1/s1. The summed E-state index contributed by atoms with van der Waals surface area (Å²) in [4.78, 5) is 31.3. The van der Waals surface area contributed by atoms with Gasteiger partial charge in [0.05, 0.1) is 5.54 Å². The van der Waals surface area contributed by atoms with Gasteiger partial charge in [-0.1, -0.05) is 30.3 Å². The first-order chi connectivity index (χ1) is 15.7. The molecule has 2 amide bonds. The number of piperidine rings is 1. The van der Waals surface area contributed by atoms with E-state index in [2.05, 4.69) is 10.3 Å². The molecule has 4 N–H and O–H groups in total. The maximum atomic E-state index is 13.5. The average Bonchev–Trinajstić information content (AvgIpc) is 3.21. The van der Waals surface area contributed by atoms with Crippen LogP contribution in [0.5, 0.6) is 0 Å². The van der Waals surface area contributed by atoms with Crippen molar-refractivity contribution in [1.29, 1.82) is 0 Å². The van der Waals surface area contributed by atoms with Crippen molar-refractivity contribution in [2.45, 2.75) is 50.6 Å². The normalized spacial score (nSPS) is 16.1. The van der Waals surface area contributed by atoms with Crippen molar-refractivity contribution < 1.29 is 14.0 Å². The maximum Gasteiger partial charge on any atom is 0.245 e. The van der Waals surface area contributed by atoms with E-state index in [1.165, 1.54) is 12.1 Å². The highest BCUT2D eigenvalue weighted by atomic mass is 19.1. The van der Waals surface area contributed by atoms with Crippen molar-refractivity contribution in [2.24, 2.45) is 5.73 Å². The number of carbonyl (C=O) groups is 2. The van der Waals surface area contributed by atoms with E-state index in [1.807, 2.05) is 47.5 Å². The molecule has 6 nitrogen and oxygen atoms in total. The Morgan fingerprint density at radius 1 is 1.15 bits per heavy atom. The van der Waals surface area contributed by atoms with Gasteiger partial charge in [0.1, 0.15) is 11.9 Å². The quantitative estimate of drug-likeness (QED) is 0.537. The number of aromatic nitrogens is 1. The molecule has 33 heavy (non-hydrogen) atoms. The third-order valence-corrected chi connectivity index (χ3v) is 6.44. The predicted octanol–water partition coefficient (Wildman–Crippen LogP) is 3.48. The molecular weight excluding hydrogens is 419 g/mol. The molecular formula is C26H31FN4O2. The third-order valence-electron chi connectivity index (χ3n) is 6.44. The minimum atomic E-state index is -1.09. The molecule has 1 aromatic heterocycles. The molecule has 0 bridgehead atoms. The molecule has 2 aromatic carbocycles. The fourth-order valence-corrected chi connectivity index (χ4v) is 4.45. The Balaban J connectivity index is 1.49. The molecule has 0 aliphatic carbocycles. The van der Waals surface area contributed by atoms with Crippen LogP contribution < -0.4 is 11.1 Å². The van der Waals surface area contributed by atoms with E-state index in [9.17, 15) is 14.0 Å². The Morgan fingerprint density at radius 2 is 1.82 bits per heavy atom. The maximum absolute atomic E-state index is 13.5. The van der Waals surface area contributed by atoms with Gasteiger partial charge in [0.2, 0.25) is 11.8 Å². The molecule has 7 heteroatoms. The lowest BCUT2D eigenvalue weighted by Crippen LogP contribution is -2.57. The summed E-state index contributed by atoms with van der Waals surface area (Å²) in [7, 11) is 0. The van der Waals surface area contributed by atoms with Crippen molar-refractivity contribution in [3.63, 3.8) is 0 Å². The minimum absolute atomic E-state index is 0.101. The summed E-state index contributed by atoms with van der Waals surface area (Å²) in [5.74, 6) is -0.415. The number of fused-ring (bicyclic) bond motifs is 1. The van der Waals surface area contributed by atoms with Gasteiger partial charge in [-0.2, -0.15) is 0 Å². The highest BCUT2D eigenvalue weighted by molar-refractivity contribution is 5.92. The number of hydrogen-bond donors (Lipinski definition) is 3. The zero-order valence-electron chi connectivity index (χ0n) is 19.1. The number of rotatable bonds is 6. The van der Waals surface area contributed by atoms with Gasteiger partial charge in [-0.3, -0.25) is 9.59 Å². The Kier molecular flexibility index (Phi) is 6.51. The molecule has 174 valence electrons. The summed E-state index contributed by atoms with van der Waals surface area (Å²) in [6.45, 7) is 4.44. The van der Waals surface area contributed by atoms with Gasteiger partial charge in [-0.05, 0) is 61.9 Å². The number of likely N-dealkylation sites (tertiary alicyclic amines) is 1. The van der Waals surface area contributed by atoms with Crippen LogP contribution in [0.4, 0.5) is 4.39 Å². The van der Waals surface area contributed by atoms with Crippen molar-refractivity contribution in [3.05, 3.63) is 71.7 Å². The summed E-state index contributed by atoms with van der Waals surface area (Å²) in [5.41, 5.74) is 7.96. The van der Waals surface area contributed by atoms with E-state index in [0.717, 1.165) is 34.9 Å². The summed E-state index contributed by atoms with van der Waals surface area (Å²) >= 11 is 0. The predicted molar refractivity (Wildman–Crippen MR) is 127 cm³/mol. The topological polar surface area (TPSA) is 91.2 Å². The Bertz CT molecular complexity index is 1130. The minimum Gasteiger partial charge on any atom is -0.361 e. The van der Waals surface area contributed by atoms with Crippen LogP contribution in [0.3, 0.4) is 0 Å². The second-order valence-electron chi connectivity index (χ2n) is 9.46. The van der Waals surface area contributed by atoms with Gasteiger partial charge in [0, 0.05) is 36.6 Å². The van der Waals surface area contributed by atoms with Gasteiger partial charge in [0.25, 0.3) is 0 Å². The average molecular weight is 451 g/mol. The van der Waals surface area contributed by atoms with Crippen LogP contribution in [0.1, 0.15) is 43.7 Å². The summed E-state index contributed by atoms with van der Waals surface area (Å²) < 4.78 is 13.3. The van der Waals surface area contributed by atoms with Crippen LogP contribution in [0.2, 0.25) is 0 Å². The zero-order chi connectivity index (χ0) is 23.6. The number of benzene rings is 2. The molecule has 2 heterocycles. The first kappa shape index (κ1) is 23.0. The number of aromatic amines is 1. The van der Waals surface area contributed by atoms with Gasteiger partial charge in [0.15, 0.2) is 0 Å². The van der Waals surface area contributed by atoms with Crippen molar-refractivity contribution in [3.8, 4) is 0 Å². The Morgan fingerprint density at radius 3 is 2.48 bits per heavy atom. The molecule has 1 aliphatic rings. The van der Waals surface area contributed by atoms with Crippen LogP contribution in [0.25, 0.3) is 10.9 Å².